The molecule has 0 aliphatic rings. The second-order valence-corrected chi connectivity index (χ2v) is 7.19. The van der Waals surface area contributed by atoms with Crippen molar-refractivity contribution in [2.75, 3.05) is 27.9 Å². The second kappa shape index (κ2) is 9.00. The van der Waals surface area contributed by atoms with Crippen molar-refractivity contribution >= 4 is 23.1 Å². The summed E-state index contributed by atoms with van der Waals surface area (Å²) in [6, 6.07) is 4.84. The van der Waals surface area contributed by atoms with Crippen LogP contribution in [0.2, 0.25) is 0 Å². The fraction of sp³-hybridized carbons (Fsp3) is 0.286. The van der Waals surface area contributed by atoms with Crippen LogP contribution in [0.3, 0.4) is 0 Å². The molecule has 1 aromatic carbocycles. The van der Waals surface area contributed by atoms with Crippen LogP contribution in [0.25, 0.3) is 5.13 Å². The van der Waals surface area contributed by atoms with Crippen LogP contribution in [0.5, 0.6) is 17.2 Å². The molecule has 0 N–H and O–H groups in total. The molecule has 0 fully saturated rings. The van der Waals surface area contributed by atoms with E-state index in [-0.39, 0.29) is 22.8 Å². The Bertz CT molecular complexity index is 1070. The van der Waals surface area contributed by atoms with Crippen LogP contribution in [0.15, 0.2) is 29.8 Å². The van der Waals surface area contributed by atoms with Gasteiger partial charge in [-0.2, -0.15) is 0 Å². The molecule has 0 atom stereocenters. The van der Waals surface area contributed by atoms with Crippen molar-refractivity contribution in [2.45, 2.75) is 13.8 Å². The van der Waals surface area contributed by atoms with Crippen LogP contribution in [0.4, 0.5) is 0 Å². The van der Waals surface area contributed by atoms with E-state index in [0.717, 1.165) is 16.5 Å². The number of carbonyl (C=O) groups is 2. The molecule has 8 nitrogen and oxygen atoms in total. The smallest absolute Gasteiger partial charge is 0.342 e. The standard InChI is InChI=1S/C21H22N2O6S/c1-12-10-15(13(2)23(12)21-22-8-9-30-21)16(24)11-29-20(25)14-6-7-17(26-3)19(28-5)18(14)27-4/h6-10H,11H2,1-5H3. The maximum absolute atomic E-state index is 12.7. The summed E-state index contributed by atoms with van der Waals surface area (Å²) in [5, 5.41) is 2.64. The molecular weight excluding hydrogens is 408 g/mol. The lowest BCUT2D eigenvalue weighted by molar-refractivity contribution is 0.0470. The van der Waals surface area contributed by atoms with Crippen molar-refractivity contribution in [1.29, 1.82) is 0 Å². The average molecular weight is 430 g/mol. The van der Waals surface area contributed by atoms with Gasteiger partial charge in [0.25, 0.3) is 0 Å². The largest absolute Gasteiger partial charge is 0.493 e. The van der Waals surface area contributed by atoms with Crippen molar-refractivity contribution in [3.8, 4) is 22.4 Å². The van der Waals surface area contributed by atoms with Gasteiger partial charge in [0.05, 0.1) is 21.3 Å². The second-order valence-electron chi connectivity index (χ2n) is 6.32. The molecule has 0 saturated carbocycles. The molecule has 0 bridgehead atoms. The van der Waals surface area contributed by atoms with Crippen LogP contribution in [-0.2, 0) is 4.74 Å². The van der Waals surface area contributed by atoms with Crippen molar-refractivity contribution in [3.05, 3.63) is 52.3 Å². The number of thiazole rings is 1. The van der Waals surface area contributed by atoms with E-state index in [1.54, 1.807) is 18.3 Å². The lowest BCUT2D eigenvalue weighted by atomic mass is 10.1. The lowest BCUT2D eigenvalue weighted by Crippen LogP contribution is -2.16. The topological polar surface area (TPSA) is 88.9 Å². The molecule has 0 saturated heterocycles. The first-order chi connectivity index (χ1) is 14.4. The molecule has 0 aliphatic carbocycles. The van der Waals surface area contributed by atoms with Crippen molar-refractivity contribution in [3.63, 3.8) is 0 Å². The third-order valence-electron chi connectivity index (χ3n) is 4.60. The van der Waals surface area contributed by atoms with Crippen LogP contribution in [0.1, 0.15) is 32.1 Å². The van der Waals surface area contributed by atoms with Gasteiger partial charge in [-0.05, 0) is 32.0 Å². The van der Waals surface area contributed by atoms with Crippen LogP contribution in [0, 0.1) is 13.8 Å². The molecule has 2 heterocycles. The Labute approximate surface area is 178 Å². The number of methoxy groups -OCH3 is 3. The number of hydrogen-bond acceptors (Lipinski definition) is 8. The zero-order valence-corrected chi connectivity index (χ0v) is 18.2. The molecule has 9 heteroatoms. The molecule has 0 aliphatic heterocycles. The number of aryl methyl sites for hydroxylation is 1. The number of aromatic nitrogens is 2. The summed E-state index contributed by atoms with van der Waals surface area (Å²) < 4.78 is 23.0. The van der Waals surface area contributed by atoms with Crippen LogP contribution >= 0.6 is 11.3 Å². The Morgan fingerprint density at radius 3 is 2.37 bits per heavy atom. The van der Waals surface area contributed by atoms with E-state index in [1.807, 2.05) is 23.8 Å². The monoisotopic (exact) mass is 430 g/mol. The molecule has 2 aromatic heterocycles. The highest BCUT2D eigenvalue weighted by Crippen LogP contribution is 2.40. The molecule has 3 rings (SSSR count). The normalized spacial score (nSPS) is 10.6. The summed E-state index contributed by atoms with van der Waals surface area (Å²) in [6.07, 6.45) is 1.71. The maximum Gasteiger partial charge on any atom is 0.342 e. The van der Waals surface area contributed by atoms with Gasteiger partial charge in [-0.1, -0.05) is 0 Å². The maximum atomic E-state index is 12.7. The number of benzene rings is 1. The minimum absolute atomic E-state index is 0.135. The van der Waals surface area contributed by atoms with Gasteiger partial charge in [-0.25, -0.2) is 9.78 Å². The van der Waals surface area contributed by atoms with E-state index < -0.39 is 12.6 Å². The minimum atomic E-state index is -0.699. The third kappa shape index (κ3) is 3.88. The molecule has 3 aromatic rings. The van der Waals surface area contributed by atoms with Crippen molar-refractivity contribution < 1.29 is 28.5 Å². The van der Waals surface area contributed by atoms with E-state index in [4.69, 9.17) is 18.9 Å². The zero-order valence-electron chi connectivity index (χ0n) is 17.3. The number of carbonyl (C=O) groups excluding carboxylic acids is 2. The van der Waals surface area contributed by atoms with Gasteiger partial charge >= 0.3 is 5.97 Å². The third-order valence-corrected chi connectivity index (χ3v) is 5.36. The number of hydrogen-bond donors (Lipinski definition) is 0. The number of esters is 1. The predicted octanol–water partition coefficient (Wildman–Crippen LogP) is 3.62. The molecule has 158 valence electrons. The summed E-state index contributed by atoms with van der Waals surface area (Å²) >= 11 is 1.47. The van der Waals surface area contributed by atoms with Gasteiger partial charge in [0.2, 0.25) is 11.5 Å². The first-order valence-corrected chi connectivity index (χ1v) is 9.89. The van der Waals surface area contributed by atoms with E-state index in [9.17, 15) is 9.59 Å². The zero-order chi connectivity index (χ0) is 21.8. The summed E-state index contributed by atoms with van der Waals surface area (Å²) in [5.74, 6) is -0.144. The Hall–Kier alpha value is -3.33. The van der Waals surface area contributed by atoms with Gasteiger partial charge in [-0.3, -0.25) is 9.36 Å². The average Bonchev–Trinajstić information content (AvgIpc) is 3.37. The molecule has 30 heavy (non-hydrogen) atoms. The quantitative estimate of drug-likeness (QED) is 0.398. The van der Waals surface area contributed by atoms with Gasteiger partial charge < -0.3 is 18.9 Å². The fourth-order valence-electron chi connectivity index (χ4n) is 3.21. The van der Waals surface area contributed by atoms with Crippen molar-refractivity contribution in [1.82, 2.24) is 9.55 Å². The van der Waals surface area contributed by atoms with Crippen molar-refractivity contribution in [2.24, 2.45) is 0 Å². The minimum Gasteiger partial charge on any atom is -0.493 e. The molecule has 0 radical (unpaired) electrons. The molecule has 0 spiro atoms. The van der Waals surface area contributed by atoms with Crippen LogP contribution < -0.4 is 14.2 Å². The van der Waals surface area contributed by atoms with E-state index in [1.165, 1.54) is 38.7 Å². The summed E-state index contributed by atoms with van der Waals surface area (Å²) in [4.78, 5) is 29.6. The fourth-order valence-corrected chi connectivity index (χ4v) is 3.97. The highest BCUT2D eigenvalue weighted by atomic mass is 32.1. The highest BCUT2D eigenvalue weighted by molar-refractivity contribution is 7.12. The number of ether oxygens (including phenoxy) is 4. The summed E-state index contributed by atoms with van der Waals surface area (Å²) in [7, 11) is 4.33. The number of rotatable bonds is 8. The Kier molecular flexibility index (Phi) is 6.41. The van der Waals surface area contributed by atoms with Gasteiger partial charge in [0.15, 0.2) is 23.2 Å². The molecule has 0 amide bonds. The summed E-state index contributed by atoms with van der Waals surface area (Å²) in [5.41, 5.74) is 2.23. The highest BCUT2D eigenvalue weighted by Gasteiger charge is 2.24. The van der Waals surface area contributed by atoms with E-state index in [0.29, 0.717) is 11.3 Å². The summed E-state index contributed by atoms with van der Waals surface area (Å²) in [6.45, 7) is 3.32. The Morgan fingerprint density at radius 1 is 1.03 bits per heavy atom. The number of ketones is 1. The van der Waals surface area contributed by atoms with E-state index >= 15 is 0 Å². The Balaban J connectivity index is 1.79. The van der Waals surface area contributed by atoms with Gasteiger partial charge in [0.1, 0.15) is 5.56 Å². The molecule has 0 unspecified atom stereocenters. The van der Waals surface area contributed by atoms with Crippen LogP contribution in [-0.4, -0.2) is 49.2 Å². The van der Waals surface area contributed by atoms with Gasteiger partial charge in [0, 0.05) is 28.5 Å². The number of nitrogens with zero attached hydrogens (tertiary/aromatic N) is 2. The SMILES string of the molecule is COc1ccc(C(=O)OCC(=O)c2cc(C)n(-c3nccs3)c2C)c(OC)c1OC. The van der Waals surface area contributed by atoms with E-state index in [2.05, 4.69) is 4.98 Å². The Morgan fingerprint density at radius 2 is 1.77 bits per heavy atom. The lowest BCUT2D eigenvalue weighted by Gasteiger charge is -2.15. The number of Topliss-reactive ketones (excluding diaryl/α,β-unsaturated/α-hetero) is 1. The first kappa shape index (κ1) is 21.4. The van der Waals surface area contributed by atoms with Gasteiger partial charge in [-0.15, -0.1) is 11.3 Å². The first-order valence-electron chi connectivity index (χ1n) is 9.01. The molecular formula is C21H22N2O6S. The predicted molar refractivity (Wildman–Crippen MR) is 112 cm³/mol.